The molecule has 2 heterocycles. The molecule has 0 atom stereocenters. The average Bonchev–Trinajstić information content (AvgIpc) is 2.05. The summed E-state index contributed by atoms with van der Waals surface area (Å²) >= 11 is 3.39. The van der Waals surface area contributed by atoms with Crippen LogP contribution in [0, 0.1) is 11.8 Å². The van der Waals surface area contributed by atoms with Gasteiger partial charge in [0, 0.05) is 23.8 Å². The van der Waals surface area contributed by atoms with E-state index in [9.17, 15) is 0 Å². The number of nitrogens with zero attached hydrogens (tertiary/aromatic N) is 2. The summed E-state index contributed by atoms with van der Waals surface area (Å²) in [4.78, 5) is 6.70. The molecule has 0 bridgehead atoms. The van der Waals surface area contributed by atoms with Gasteiger partial charge in [0.15, 0.2) is 0 Å². The van der Waals surface area contributed by atoms with Gasteiger partial charge in [0.25, 0.3) is 0 Å². The number of pyridine rings is 1. The van der Waals surface area contributed by atoms with Gasteiger partial charge in [0.1, 0.15) is 5.82 Å². The number of rotatable bonds is 2. The van der Waals surface area contributed by atoms with E-state index in [1.165, 1.54) is 0 Å². The molecule has 1 aromatic heterocycles. The summed E-state index contributed by atoms with van der Waals surface area (Å²) in [6, 6.07) is 4.12. The molecule has 0 spiro atoms. The molecule has 0 amide bonds. The maximum Gasteiger partial charge on any atom is 0.128 e. The summed E-state index contributed by atoms with van der Waals surface area (Å²) in [5.74, 6) is 2.74. The first-order valence-electron chi connectivity index (χ1n) is 5.03. The van der Waals surface area contributed by atoms with Crippen LogP contribution in [0.15, 0.2) is 22.8 Å². The van der Waals surface area contributed by atoms with Crippen molar-refractivity contribution in [2.24, 2.45) is 11.8 Å². The molecule has 3 heteroatoms. The highest BCUT2D eigenvalue weighted by Crippen LogP contribution is 2.27. The van der Waals surface area contributed by atoms with Crippen molar-refractivity contribution >= 4 is 21.7 Å². The van der Waals surface area contributed by atoms with Crippen molar-refractivity contribution in [3.63, 3.8) is 0 Å². The largest absolute Gasteiger partial charge is 0.356 e. The van der Waals surface area contributed by atoms with Crippen molar-refractivity contribution in [2.75, 3.05) is 18.0 Å². The molecule has 14 heavy (non-hydrogen) atoms. The van der Waals surface area contributed by atoms with E-state index in [1.54, 1.807) is 0 Å². The summed E-state index contributed by atoms with van der Waals surface area (Å²) in [6.07, 6.45) is 1.86. The molecule has 1 aliphatic rings. The fourth-order valence-electron chi connectivity index (χ4n) is 1.68. The molecule has 1 aliphatic heterocycles. The molecule has 0 radical (unpaired) electrons. The van der Waals surface area contributed by atoms with Gasteiger partial charge < -0.3 is 4.90 Å². The van der Waals surface area contributed by atoms with Crippen LogP contribution in [0.3, 0.4) is 0 Å². The van der Waals surface area contributed by atoms with Crippen LogP contribution in [0.2, 0.25) is 0 Å². The average molecular weight is 255 g/mol. The predicted molar refractivity (Wildman–Crippen MR) is 62.5 cm³/mol. The Bertz CT molecular complexity index is 302. The van der Waals surface area contributed by atoms with Crippen molar-refractivity contribution in [3.05, 3.63) is 22.8 Å². The summed E-state index contributed by atoms with van der Waals surface area (Å²) in [7, 11) is 0. The van der Waals surface area contributed by atoms with Crippen LogP contribution in [-0.4, -0.2) is 18.1 Å². The molecule has 0 saturated carbocycles. The van der Waals surface area contributed by atoms with E-state index in [0.717, 1.165) is 35.2 Å². The van der Waals surface area contributed by atoms with E-state index in [4.69, 9.17) is 0 Å². The monoisotopic (exact) mass is 254 g/mol. The highest BCUT2D eigenvalue weighted by atomic mass is 79.9. The van der Waals surface area contributed by atoms with Crippen molar-refractivity contribution < 1.29 is 0 Å². The van der Waals surface area contributed by atoms with Crippen LogP contribution in [0.4, 0.5) is 5.82 Å². The second kappa shape index (κ2) is 3.89. The zero-order chi connectivity index (χ0) is 10.1. The van der Waals surface area contributed by atoms with Crippen LogP contribution < -0.4 is 4.90 Å². The Kier molecular flexibility index (Phi) is 2.77. The van der Waals surface area contributed by atoms with E-state index < -0.39 is 0 Å². The highest BCUT2D eigenvalue weighted by Gasteiger charge is 2.29. The molecule has 2 nitrogen and oxygen atoms in total. The Balaban J connectivity index is 1.96. The van der Waals surface area contributed by atoms with Crippen LogP contribution in [-0.2, 0) is 0 Å². The van der Waals surface area contributed by atoms with Gasteiger partial charge in [-0.1, -0.05) is 13.8 Å². The van der Waals surface area contributed by atoms with Gasteiger partial charge in [-0.25, -0.2) is 4.98 Å². The fourth-order valence-corrected chi connectivity index (χ4v) is 1.91. The SMILES string of the molecule is CC(C)C1CN(c2ccc(Br)cn2)C1. The first kappa shape index (κ1) is 9.97. The van der Waals surface area contributed by atoms with Crippen LogP contribution >= 0.6 is 15.9 Å². The first-order chi connectivity index (χ1) is 6.66. The lowest BCUT2D eigenvalue weighted by molar-refractivity contribution is 0.308. The molecule has 1 saturated heterocycles. The minimum atomic E-state index is 0.793. The van der Waals surface area contributed by atoms with Gasteiger partial charge >= 0.3 is 0 Å². The topological polar surface area (TPSA) is 16.1 Å². The Labute approximate surface area is 93.5 Å². The van der Waals surface area contributed by atoms with Gasteiger partial charge in [-0.15, -0.1) is 0 Å². The molecular formula is C11H15BrN2. The maximum absolute atomic E-state index is 4.37. The maximum atomic E-state index is 4.37. The van der Waals surface area contributed by atoms with Crippen LogP contribution in [0.1, 0.15) is 13.8 Å². The summed E-state index contributed by atoms with van der Waals surface area (Å²) in [6.45, 7) is 6.90. The van der Waals surface area contributed by atoms with Gasteiger partial charge in [0.05, 0.1) is 0 Å². The molecule has 0 aliphatic carbocycles. The third kappa shape index (κ3) is 1.92. The third-order valence-electron chi connectivity index (χ3n) is 2.89. The van der Waals surface area contributed by atoms with Gasteiger partial charge in [-0.05, 0) is 39.9 Å². The quantitative estimate of drug-likeness (QED) is 0.807. The zero-order valence-corrected chi connectivity index (χ0v) is 10.2. The van der Waals surface area contributed by atoms with Gasteiger partial charge in [-0.2, -0.15) is 0 Å². The molecule has 0 unspecified atom stereocenters. The normalized spacial score (nSPS) is 17.3. The van der Waals surface area contributed by atoms with E-state index in [1.807, 2.05) is 12.3 Å². The molecule has 1 fully saturated rings. The van der Waals surface area contributed by atoms with E-state index in [-0.39, 0.29) is 0 Å². The number of hydrogen-bond donors (Lipinski definition) is 0. The van der Waals surface area contributed by atoms with Crippen molar-refractivity contribution in [1.29, 1.82) is 0 Å². The molecule has 1 aromatic rings. The van der Waals surface area contributed by atoms with Crippen LogP contribution in [0.5, 0.6) is 0 Å². The van der Waals surface area contributed by atoms with E-state index >= 15 is 0 Å². The van der Waals surface area contributed by atoms with E-state index in [2.05, 4.69) is 45.7 Å². The third-order valence-corrected chi connectivity index (χ3v) is 3.36. The molecule has 0 aromatic carbocycles. The van der Waals surface area contributed by atoms with Crippen molar-refractivity contribution in [2.45, 2.75) is 13.8 Å². The lowest BCUT2D eigenvalue weighted by Crippen LogP contribution is -2.49. The number of halogens is 1. The lowest BCUT2D eigenvalue weighted by atomic mass is 9.88. The lowest BCUT2D eigenvalue weighted by Gasteiger charge is -2.42. The number of hydrogen-bond acceptors (Lipinski definition) is 2. The number of aromatic nitrogens is 1. The van der Waals surface area contributed by atoms with Gasteiger partial charge in [0.2, 0.25) is 0 Å². The summed E-state index contributed by atoms with van der Waals surface area (Å²) in [5, 5.41) is 0. The first-order valence-corrected chi connectivity index (χ1v) is 5.82. The second-order valence-electron chi connectivity index (χ2n) is 4.24. The van der Waals surface area contributed by atoms with Gasteiger partial charge in [-0.3, -0.25) is 0 Å². The smallest absolute Gasteiger partial charge is 0.128 e. The number of anilines is 1. The summed E-state index contributed by atoms with van der Waals surface area (Å²) < 4.78 is 1.04. The Morgan fingerprint density at radius 3 is 2.64 bits per heavy atom. The molecule has 2 rings (SSSR count). The molecule has 76 valence electrons. The zero-order valence-electron chi connectivity index (χ0n) is 8.57. The Morgan fingerprint density at radius 2 is 2.14 bits per heavy atom. The standard InChI is InChI=1S/C11H15BrN2/c1-8(2)9-6-14(7-9)11-4-3-10(12)5-13-11/h3-5,8-9H,6-7H2,1-2H3. The Hall–Kier alpha value is -0.570. The minimum Gasteiger partial charge on any atom is -0.356 e. The Morgan fingerprint density at radius 1 is 1.43 bits per heavy atom. The highest BCUT2D eigenvalue weighted by molar-refractivity contribution is 9.10. The predicted octanol–water partition coefficient (Wildman–Crippen LogP) is 2.94. The van der Waals surface area contributed by atoms with Crippen molar-refractivity contribution in [1.82, 2.24) is 4.98 Å². The van der Waals surface area contributed by atoms with Crippen molar-refractivity contribution in [3.8, 4) is 0 Å². The second-order valence-corrected chi connectivity index (χ2v) is 5.16. The fraction of sp³-hybridized carbons (Fsp3) is 0.545. The van der Waals surface area contributed by atoms with Crippen LogP contribution in [0.25, 0.3) is 0 Å². The van der Waals surface area contributed by atoms with E-state index in [0.29, 0.717) is 0 Å². The molecular weight excluding hydrogens is 240 g/mol. The minimum absolute atomic E-state index is 0.793. The summed E-state index contributed by atoms with van der Waals surface area (Å²) in [5.41, 5.74) is 0. The molecule has 0 N–H and O–H groups in total.